The second-order valence-electron chi connectivity index (χ2n) is 7.56. The number of hydrogen-bond donors (Lipinski definition) is 1. The van der Waals surface area contributed by atoms with Crippen LogP contribution in [0.3, 0.4) is 0 Å². The van der Waals surface area contributed by atoms with E-state index in [2.05, 4.69) is 26.1 Å². The van der Waals surface area contributed by atoms with Gasteiger partial charge in [-0.1, -0.05) is 20.8 Å². The quantitative estimate of drug-likeness (QED) is 0.780. The zero-order valence-electron chi connectivity index (χ0n) is 12.5. The molecule has 2 saturated carbocycles. The number of carbonyl (C=O) groups excluding carboxylic acids is 1. The lowest BCUT2D eigenvalue weighted by Gasteiger charge is -2.39. The van der Waals surface area contributed by atoms with Crippen molar-refractivity contribution in [2.24, 2.45) is 22.7 Å². The second-order valence-corrected chi connectivity index (χ2v) is 7.56. The van der Waals surface area contributed by atoms with E-state index in [-0.39, 0.29) is 23.4 Å². The third-order valence-electron chi connectivity index (χ3n) is 6.64. The summed E-state index contributed by atoms with van der Waals surface area (Å²) in [5, 5.41) is 3.30. The van der Waals surface area contributed by atoms with Gasteiger partial charge in [-0.25, -0.2) is 0 Å². The summed E-state index contributed by atoms with van der Waals surface area (Å²) in [6, 6.07) is 0. The molecule has 2 bridgehead atoms. The number of nitrogens with one attached hydrogen (secondary N) is 1. The van der Waals surface area contributed by atoms with Crippen molar-refractivity contribution in [3.63, 3.8) is 0 Å². The van der Waals surface area contributed by atoms with E-state index in [0.717, 1.165) is 38.3 Å². The molecule has 2 aliphatic carbocycles. The third-order valence-corrected chi connectivity index (χ3v) is 6.64. The molecule has 0 aromatic heterocycles. The first-order valence-electron chi connectivity index (χ1n) is 7.86. The van der Waals surface area contributed by atoms with Crippen molar-refractivity contribution in [1.82, 2.24) is 5.32 Å². The second kappa shape index (κ2) is 4.47. The molecule has 3 atom stereocenters. The Bertz CT molecular complexity index is 373. The predicted octanol–water partition coefficient (Wildman–Crippen LogP) is 2.74. The lowest BCUT2D eigenvalue weighted by atomic mass is 9.70. The highest BCUT2D eigenvalue weighted by Crippen LogP contribution is 2.66. The first kappa shape index (κ1) is 13.4. The monoisotopic (exact) mass is 265 g/mol. The Morgan fingerprint density at radius 2 is 1.84 bits per heavy atom. The van der Waals surface area contributed by atoms with Gasteiger partial charge in [0, 0.05) is 5.41 Å². The fourth-order valence-electron chi connectivity index (χ4n) is 4.60. The third kappa shape index (κ3) is 1.93. The van der Waals surface area contributed by atoms with Gasteiger partial charge in [-0.3, -0.25) is 4.79 Å². The Balaban J connectivity index is 1.66. The molecule has 3 fully saturated rings. The average Bonchev–Trinajstić information content (AvgIpc) is 2.73. The molecule has 1 aliphatic heterocycles. The van der Waals surface area contributed by atoms with E-state index in [9.17, 15) is 4.79 Å². The number of fused-ring (bicyclic) bond motifs is 2. The molecule has 0 spiro atoms. The zero-order chi connectivity index (χ0) is 13.7. The largest absolute Gasteiger partial charge is 0.462 e. The van der Waals surface area contributed by atoms with E-state index in [1.165, 1.54) is 12.8 Å². The van der Waals surface area contributed by atoms with E-state index in [0.29, 0.717) is 5.41 Å². The summed E-state index contributed by atoms with van der Waals surface area (Å²) in [7, 11) is 0. The van der Waals surface area contributed by atoms with Gasteiger partial charge in [-0.05, 0) is 56.5 Å². The first-order chi connectivity index (χ1) is 8.95. The SMILES string of the molecule is CC1(C)C2CCC1(C)C(OC(=O)C1CCNCC1)C2. The van der Waals surface area contributed by atoms with Gasteiger partial charge in [0.15, 0.2) is 0 Å². The summed E-state index contributed by atoms with van der Waals surface area (Å²) < 4.78 is 5.96. The molecule has 0 aromatic carbocycles. The number of carbonyl (C=O) groups is 1. The summed E-state index contributed by atoms with van der Waals surface area (Å²) in [5.41, 5.74) is 0.520. The minimum absolute atomic E-state index is 0.0658. The maximum Gasteiger partial charge on any atom is 0.309 e. The Kier molecular flexibility index (Phi) is 3.16. The smallest absolute Gasteiger partial charge is 0.309 e. The number of ether oxygens (including phenoxy) is 1. The van der Waals surface area contributed by atoms with Crippen molar-refractivity contribution in [1.29, 1.82) is 0 Å². The van der Waals surface area contributed by atoms with Gasteiger partial charge in [0.1, 0.15) is 6.10 Å². The molecule has 1 N–H and O–H groups in total. The van der Waals surface area contributed by atoms with Crippen molar-refractivity contribution in [2.45, 2.75) is 59.0 Å². The maximum atomic E-state index is 12.3. The van der Waals surface area contributed by atoms with Crippen LogP contribution in [0, 0.1) is 22.7 Å². The molecule has 1 saturated heterocycles. The Morgan fingerprint density at radius 3 is 2.37 bits per heavy atom. The highest BCUT2D eigenvalue weighted by Gasteiger charge is 2.62. The predicted molar refractivity (Wildman–Crippen MR) is 74.7 cm³/mol. The molecule has 3 aliphatic rings. The maximum absolute atomic E-state index is 12.3. The van der Waals surface area contributed by atoms with Gasteiger partial charge < -0.3 is 10.1 Å². The normalized spacial score (nSPS) is 41.4. The minimum atomic E-state index is 0.0658. The summed E-state index contributed by atoms with van der Waals surface area (Å²) in [6.07, 6.45) is 5.65. The van der Waals surface area contributed by atoms with Gasteiger partial charge in [0.05, 0.1) is 5.92 Å². The van der Waals surface area contributed by atoms with Gasteiger partial charge in [-0.15, -0.1) is 0 Å². The average molecular weight is 265 g/mol. The van der Waals surface area contributed by atoms with Crippen molar-refractivity contribution < 1.29 is 9.53 Å². The fraction of sp³-hybridized carbons (Fsp3) is 0.938. The van der Waals surface area contributed by atoms with Crippen LogP contribution >= 0.6 is 0 Å². The number of rotatable bonds is 2. The molecular weight excluding hydrogens is 238 g/mol. The van der Waals surface area contributed by atoms with E-state index < -0.39 is 0 Å². The van der Waals surface area contributed by atoms with E-state index in [4.69, 9.17) is 4.74 Å². The summed E-state index contributed by atoms with van der Waals surface area (Å²) >= 11 is 0. The van der Waals surface area contributed by atoms with Crippen LogP contribution in [0.5, 0.6) is 0 Å². The van der Waals surface area contributed by atoms with Gasteiger partial charge in [-0.2, -0.15) is 0 Å². The number of piperidine rings is 1. The molecule has 3 nitrogen and oxygen atoms in total. The summed E-state index contributed by atoms with van der Waals surface area (Å²) in [6.45, 7) is 8.97. The fourth-order valence-corrected chi connectivity index (χ4v) is 4.60. The Labute approximate surface area is 116 Å². The van der Waals surface area contributed by atoms with Crippen LogP contribution in [-0.2, 0) is 9.53 Å². The Hall–Kier alpha value is -0.570. The standard InChI is InChI=1S/C16H27NO2/c1-15(2)12-4-7-16(15,3)13(10-12)19-14(18)11-5-8-17-9-6-11/h11-13,17H,4-10H2,1-3H3. The van der Waals surface area contributed by atoms with Crippen molar-refractivity contribution in [3.05, 3.63) is 0 Å². The van der Waals surface area contributed by atoms with Crippen LogP contribution in [0.1, 0.15) is 52.9 Å². The van der Waals surface area contributed by atoms with Crippen LogP contribution in [0.25, 0.3) is 0 Å². The zero-order valence-corrected chi connectivity index (χ0v) is 12.5. The van der Waals surface area contributed by atoms with E-state index in [1.54, 1.807) is 0 Å². The molecule has 1 heterocycles. The number of esters is 1. The summed E-state index contributed by atoms with van der Waals surface area (Å²) in [5.74, 6) is 0.937. The van der Waals surface area contributed by atoms with E-state index in [1.807, 2.05) is 0 Å². The molecule has 3 unspecified atom stereocenters. The Morgan fingerprint density at radius 1 is 1.16 bits per heavy atom. The minimum Gasteiger partial charge on any atom is -0.462 e. The molecule has 0 radical (unpaired) electrons. The molecular formula is C16H27NO2. The lowest BCUT2D eigenvalue weighted by Crippen LogP contribution is -2.41. The molecule has 3 heteroatoms. The highest BCUT2D eigenvalue weighted by molar-refractivity contribution is 5.73. The molecule has 3 rings (SSSR count). The molecule has 108 valence electrons. The van der Waals surface area contributed by atoms with Gasteiger partial charge >= 0.3 is 5.97 Å². The molecule has 0 amide bonds. The van der Waals surface area contributed by atoms with Crippen LogP contribution in [-0.4, -0.2) is 25.2 Å². The van der Waals surface area contributed by atoms with Crippen molar-refractivity contribution >= 4 is 5.97 Å². The van der Waals surface area contributed by atoms with Crippen LogP contribution in [0.2, 0.25) is 0 Å². The molecule has 0 aromatic rings. The van der Waals surface area contributed by atoms with Crippen molar-refractivity contribution in [3.8, 4) is 0 Å². The van der Waals surface area contributed by atoms with E-state index >= 15 is 0 Å². The van der Waals surface area contributed by atoms with Gasteiger partial charge in [0.25, 0.3) is 0 Å². The number of hydrogen-bond acceptors (Lipinski definition) is 3. The topological polar surface area (TPSA) is 38.3 Å². The molecule has 19 heavy (non-hydrogen) atoms. The highest BCUT2D eigenvalue weighted by atomic mass is 16.5. The van der Waals surface area contributed by atoms with Crippen LogP contribution in [0.4, 0.5) is 0 Å². The van der Waals surface area contributed by atoms with Crippen LogP contribution in [0.15, 0.2) is 0 Å². The van der Waals surface area contributed by atoms with Gasteiger partial charge in [0.2, 0.25) is 0 Å². The first-order valence-corrected chi connectivity index (χ1v) is 7.86. The summed E-state index contributed by atoms with van der Waals surface area (Å²) in [4.78, 5) is 12.3. The lowest BCUT2D eigenvalue weighted by molar-refractivity contribution is -0.162. The van der Waals surface area contributed by atoms with Crippen molar-refractivity contribution in [2.75, 3.05) is 13.1 Å². The van der Waals surface area contributed by atoms with Crippen LogP contribution < -0.4 is 5.32 Å².